The van der Waals surface area contributed by atoms with Crippen LogP contribution in [0.3, 0.4) is 0 Å². The Labute approximate surface area is 259 Å². The van der Waals surface area contributed by atoms with Crippen LogP contribution in [-0.2, 0) is 19.4 Å². The fraction of sp³-hybridized carbons (Fsp3) is 0.543. The summed E-state index contributed by atoms with van der Waals surface area (Å²) < 4.78 is 12.2. The summed E-state index contributed by atoms with van der Waals surface area (Å²) in [6.07, 6.45) is 8.93. The molecular weight excluding hydrogens is 550 g/mol. The molecule has 0 saturated carbocycles. The molecule has 1 atom stereocenters. The Morgan fingerprint density at radius 3 is 2.59 bits per heavy atom. The van der Waals surface area contributed by atoms with Gasteiger partial charge in [-0.3, -0.25) is 4.90 Å². The first-order chi connectivity index (χ1) is 21.6. The Hall–Kier alpha value is -3.72. The molecule has 9 nitrogen and oxygen atoms in total. The molecule has 0 aliphatic carbocycles. The maximum Gasteiger partial charge on any atom is 0.318 e. The van der Waals surface area contributed by atoms with Crippen molar-refractivity contribution in [1.29, 1.82) is 0 Å². The predicted octanol–water partition coefficient (Wildman–Crippen LogP) is 5.84. The van der Waals surface area contributed by atoms with E-state index < -0.39 is 0 Å². The Morgan fingerprint density at radius 2 is 1.80 bits per heavy atom. The largest absolute Gasteiger partial charge is 0.461 e. The number of piperidine rings is 1. The van der Waals surface area contributed by atoms with E-state index in [0.717, 1.165) is 69.3 Å². The van der Waals surface area contributed by atoms with Crippen molar-refractivity contribution in [3.8, 4) is 6.01 Å². The van der Waals surface area contributed by atoms with E-state index in [0.29, 0.717) is 18.4 Å². The monoisotopic (exact) mass is 593 g/mol. The van der Waals surface area contributed by atoms with Crippen molar-refractivity contribution in [3.63, 3.8) is 0 Å². The van der Waals surface area contributed by atoms with Crippen LogP contribution >= 0.6 is 0 Å². The second-order valence-corrected chi connectivity index (χ2v) is 13.2. The van der Waals surface area contributed by atoms with Crippen LogP contribution in [0.1, 0.15) is 79.9 Å². The molecule has 0 bridgehead atoms. The molecule has 4 aliphatic heterocycles. The van der Waals surface area contributed by atoms with Crippen LogP contribution in [0, 0.1) is 6.92 Å². The highest BCUT2D eigenvalue weighted by atomic mass is 16.5. The summed E-state index contributed by atoms with van der Waals surface area (Å²) in [6, 6.07) is 13.9. The quantitative estimate of drug-likeness (QED) is 0.263. The van der Waals surface area contributed by atoms with Gasteiger partial charge in [0.15, 0.2) is 5.82 Å². The van der Waals surface area contributed by atoms with E-state index in [4.69, 9.17) is 19.2 Å². The minimum atomic E-state index is 0.150. The third-order valence-electron chi connectivity index (χ3n) is 10.6. The summed E-state index contributed by atoms with van der Waals surface area (Å²) in [7, 11) is 0. The number of anilines is 2. The molecule has 0 amide bonds. The highest BCUT2D eigenvalue weighted by Gasteiger charge is 2.45. The van der Waals surface area contributed by atoms with Gasteiger partial charge < -0.3 is 19.1 Å². The van der Waals surface area contributed by atoms with Crippen molar-refractivity contribution in [2.24, 2.45) is 0 Å². The van der Waals surface area contributed by atoms with Crippen LogP contribution in [-0.4, -0.2) is 69.9 Å². The molecule has 0 N–H and O–H groups in total. The molecule has 9 heteroatoms. The molecule has 2 aromatic heterocycles. The van der Waals surface area contributed by atoms with E-state index in [2.05, 4.69) is 68.2 Å². The molecule has 2 aromatic carbocycles. The van der Waals surface area contributed by atoms with Gasteiger partial charge in [-0.05, 0) is 88.4 Å². The molecule has 4 aliphatic rings. The summed E-state index contributed by atoms with van der Waals surface area (Å²) in [5, 5.41) is 6.73. The number of ether oxygens (including phenoxy) is 1. The number of aryl methyl sites for hydroxylation is 2. The number of rotatable bonds is 7. The van der Waals surface area contributed by atoms with Crippen LogP contribution < -0.4 is 14.5 Å². The number of hydrogen-bond acceptors (Lipinski definition) is 9. The summed E-state index contributed by atoms with van der Waals surface area (Å²) in [5.41, 5.74) is 5.18. The average molecular weight is 594 g/mol. The second kappa shape index (κ2) is 11.3. The molecule has 230 valence electrons. The Bertz CT molecular complexity index is 1650. The summed E-state index contributed by atoms with van der Waals surface area (Å²) in [4.78, 5) is 22.5. The first-order valence-corrected chi connectivity index (χ1v) is 16.7. The van der Waals surface area contributed by atoms with Gasteiger partial charge in [-0.1, -0.05) is 42.4 Å². The molecular formula is C35H43N7O2. The summed E-state index contributed by atoms with van der Waals surface area (Å²) in [5.74, 6) is 2.67. The van der Waals surface area contributed by atoms with Crippen molar-refractivity contribution >= 4 is 22.3 Å². The third-order valence-corrected chi connectivity index (χ3v) is 10.6. The van der Waals surface area contributed by atoms with Crippen molar-refractivity contribution in [1.82, 2.24) is 25.0 Å². The molecule has 0 radical (unpaired) electrons. The van der Waals surface area contributed by atoms with Gasteiger partial charge in [-0.2, -0.15) is 15.0 Å². The van der Waals surface area contributed by atoms with Crippen LogP contribution in [0.4, 0.5) is 11.5 Å². The maximum absolute atomic E-state index is 6.60. The molecule has 3 fully saturated rings. The van der Waals surface area contributed by atoms with Gasteiger partial charge in [0, 0.05) is 36.3 Å². The van der Waals surface area contributed by atoms with Crippen molar-refractivity contribution < 1.29 is 9.26 Å². The van der Waals surface area contributed by atoms with Crippen molar-refractivity contribution in [3.05, 3.63) is 64.9 Å². The molecule has 0 spiro atoms. The fourth-order valence-corrected chi connectivity index (χ4v) is 8.39. The lowest BCUT2D eigenvalue weighted by molar-refractivity contribution is 0.107. The summed E-state index contributed by atoms with van der Waals surface area (Å²) >= 11 is 0. The third kappa shape index (κ3) is 4.89. The average Bonchev–Trinajstić information content (AvgIpc) is 3.79. The van der Waals surface area contributed by atoms with E-state index in [1.807, 2.05) is 6.92 Å². The van der Waals surface area contributed by atoms with Crippen molar-refractivity contribution in [2.75, 3.05) is 49.1 Å². The molecule has 8 rings (SSSR count). The predicted molar refractivity (Wildman–Crippen MR) is 172 cm³/mol. The van der Waals surface area contributed by atoms with E-state index in [9.17, 15) is 0 Å². The first kappa shape index (κ1) is 27.8. The number of hydrogen-bond donors (Lipinski definition) is 0. The van der Waals surface area contributed by atoms with Gasteiger partial charge in [0.05, 0.1) is 23.7 Å². The number of fused-ring (bicyclic) bond motifs is 3. The zero-order chi connectivity index (χ0) is 29.7. The topological polar surface area (TPSA) is 83.7 Å². The minimum absolute atomic E-state index is 0.150. The molecule has 6 heterocycles. The smallest absolute Gasteiger partial charge is 0.318 e. The molecule has 4 aromatic rings. The lowest BCUT2D eigenvalue weighted by atomic mass is 9.95. The molecule has 44 heavy (non-hydrogen) atoms. The van der Waals surface area contributed by atoms with E-state index in [1.54, 1.807) is 0 Å². The van der Waals surface area contributed by atoms with Crippen LogP contribution in [0.25, 0.3) is 10.8 Å². The lowest BCUT2D eigenvalue weighted by Crippen LogP contribution is -2.43. The Kier molecular flexibility index (Phi) is 7.16. The maximum atomic E-state index is 6.60. The standard InChI is InChI=1S/C35H43N7O2/c1-3-25-9-4-10-26-11-5-13-30(31(25)26)40-20-14-28-29(22-40)37-34(43-23-35-15-7-18-42(35)19-8-16-35)38-32(28)41-17-6-12-27(21-41)33-36-24(2)39-44-33/h4-5,9-11,13,27H,3,6-8,12,14-23H2,1-2H3. The number of aromatic nitrogens is 4. The molecule has 1 unspecified atom stereocenters. The molecule has 3 saturated heterocycles. The highest BCUT2D eigenvalue weighted by molar-refractivity contribution is 5.97. The Morgan fingerprint density at radius 1 is 0.955 bits per heavy atom. The van der Waals surface area contributed by atoms with Gasteiger partial charge in [0.2, 0.25) is 5.89 Å². The zero-order valence-corrected chi connectivity index (χ0v) is 26.1. The van der Waals surface area contributed by atoms with E-state index in [1.165, 1.54) is 66.4 Å². The van der Waals surface area contributed by atoms with Gasteiger partial charge >= 0.3 is 6.01 Å². The van der Waals surface area contributed by atoms with Gasteiger partial charge in [-0.15, -0.1) is 0 Å². The number of benzene rings is 2. The minimum Gasteiger partial charge on any atom is -0.461 e. The fourth-order valence-electron chi connectivity index (χ4n) is 8.39. The number of nitrogens with zero attached hydrogens (tertiary/aromatic N) is 7. The van der Waals surface area contributed by atoms with Gasteiger partial charge in [0.25, 0.3) is 0 Å². The summed E-state index contributed by atoms with van der Waals surface area (Å²) in [6.45, 7) is 10.6. The van der Waals surface area contributed by atoms with Crippen LogP contribution in [0.15, 0.2) is 40.9 Å². The van der Waals surface area contributed by atoms with Crippen LogP contribution in [0.2, 0.25) is 0 Å². The normalized spacial score (nSPS) is 21.5. The van der Waals surface area contributed by atoms with Crippen LogP contribution in [0.5, 0.6) is 6.01 Å². The van der Waals surface area contributed by atoms with Gasteiger partial charge in [-0.25, -0.2) is 0 Å². The Balaban J connectivity index is 1.14. The van der Waals surface area contributed by atoms with E-state index in [-0.39, 0.29) is 11.5 Å². The van der Waals surface area contributed by atoms with E-state index >= 15 is 0 Å². The first-order valence-electron chi connectivity index (χ1n) is 16.7. The van der Waals surface area contributed by atoms with Gasteiger partial charge in [0.1, 0.15) is 12.4 Å². The van der Waals surface area contributed by atoms with Crippen molar-refractivity contribution in [2.45, 2.75) is 83.2 Å². The zero-order valence-electron chi connectivity index (χ0n) is 26.1. The highest BCUT2D eigenvalue weighted by Crippen LogP contribution is 2.40. The SMILES string of the molecule is CCc1cccc2cccc(N3CCc4c(nc(OCC56CCCN5CCC6)nc4N4CCCC(c5nc(C)no5)C4)C3)c12. The second-order valence-electron chi connectivity index (χ2n) is 13.2. The lowest BCUT2D eigenvalue weighted by Gasteiger charge is -2.37.